The zero-order valence-electron chi connectivity index (χ0n) is 15.2. The van der Waals surface area contributed by atoms with Gasteiger partial charge < -0.3 is 15.4 Å². The fraction of sp³-hybridized carbons (Fsp3) is 0.0909. The summed E-state index contributed by atoms with van der Waals surface area (Å²) in [5.41, 5.74) is 1.96. The van der Waals surface area contributed by atoms with Gasteiger partial charge in [-0.15, -0.1) is 0 Å². The molecule has 0 spiro atoms. The molecule has 0 aliphatic rings. The second-order valence-corrected chi connectivity index (χ2v) is 6.38. The topological polar surface area (TPSA) is 67.4 Å². The summed E-state index contributed by atoms with van der Waals surface area (Å²) in [5, 5.41) is 5.96. The average molecular weight is 395 g/mol. The molecule has 0 saturated heterocycles. The van der Waals surface area contributed by atoms with E-state index in [4.69, 9.17) is 16.3 Å². The highest BCUT2D eigenvalue weighted by Crippen LogP contribution is 2.21. The van der Waals surface area contributed by atoms with Crippen LogP contribution in [0.5, 0.6) is 5.75 Å². The number of rotatable bonds is 6. The lowest BCUT2D eigenvalue weighted by Crippen LogP contribution is -2.25. The highest BCUT2D eigenvalue weighted by Gasteiger charge is 2.16. The molecule has 0 aliphatic heterocycles. The lowest BCUT2D eigenvalue weighted by atomic mass is 10.1. The molecule has 0 bridgehead atoms. The normalized spacial score (nSPS) is 10.2. The number of para-hydroxylation sites is 2. The SMILES string of the molecule is COc1ccccc1CNC(=O)c1ccccc1NC(=O)c1ccccc1Cl. The summed E-state index contributed by atoms with van der Waals surface area (Å²) in [6, 6.07) is 21.0. The van der Waals surface area contributed by atoms with Crippen molar-refractivity contribution in [2.75, 3.05) is 12.4 Å². The average Bonchev–Trinajstić information content (AvgIpc) is 2.72. The first-order chi connectivity index (χ1) is 13.6. The molecule has 0 unspecified atom stereocenters. The highest BCUT2D eigenvalue weighted by molar-refractivity contribution is 6.34. The summed E-state index contributed by atoms with van der Waals surface area (Å²) >= 11 is 6.08. The monoisotopic (exact) mass is 394 g/mol. The van der Waals surface area contributed by atoms with Crippen molar-refractivity contribution in [1.82, 2.24) is 5.32 Å². The molecule has 3 rings (SSSR count). The Balaban J connectivity index is 1.75. The highest BCUT2D eigenvalue weighted by atomic mass is 35.5. The van der Waals surface area contributed by atoms with Crippen LogP contribution in [0.3, 0.4) is 0 Å². The largest absolute Gasteiger partial charge is 0.496 e. The van der Waals surface area contributed by atoms with E-state index in [0.717, 1.165) is 5.56 Å². The molecule has 0 aliphatic carbocycles. The minimum absolute atomic E-state index is 0.301. The molecule has 3 aromatic rings. The van der Waals surface area contributed by atoms with Crippen LogP contribution >= 0.6 is 11.6 Å². The number of methoxy groups -OCH3 is 1. The summed E-state index contributed by atoms with van der Waals surface area (Å²) in [4.78, 5) is 25.2. The summed E-state index contributed by atoms with van der Waals surface area (Å²) in [6.07, 6.45) is 0. The van der Waals surface area contributed by atoms with Crippen molar-refractivity contribution in [3.63, 3.8) is 0 Å². The lowest BCUT2D eigenvalue weighted by molar-refractivity contribution is 0.0951. The molecular formula is C22H19ClN2O3. The number of nitrogens with one attached hydrogen (secondary N) is 2. The van der Waals surface area contributed by atoms with Crippen molar-refractivity contribution in [3.8, 4) is 5.75 Å². The van der Waals surface area contributed by atoms with E-state index in [1.165, 1.54) is 0 Å². The van der Waals surface area contributed by atoms with Gasteiger partial charge in [0, 0.05) is 12.1 Å². The third-order valence-electron chi connectivity index (χ3n) is 4.17. The first kappa shape index (κ1) is 19.5. The van der Waals surface area contributed by atoms with Gasteiger partial charge in [0.15, 0.2) is 0 Å². The minimum atomic E-state index is -0.379. The second kappa shape index (κ2) is 9.06. The van der Waals surface area contributed by atoms with Crippen molar-refractivity contribution >= 4 is 29.1 Å². The van der Waals surface area contributed by atoms with Crippen LogP contribution in [-0.4, -0.2) is 18.9 Å². The molecule has 28 heavy (non-hydrogen) atoms. The number of amides is 2. The standard InChI is InChI=1S/C22H19ClN2O3/c1-28-20-13-7-2-8-15(20)14-24-21(26)17-10-4-6-12-19(17)25-22(27)16-9-3-5-11-18(16)23/h2-13H,14H2,1H3,(H,24,26)(H,25,27). The van der Waals surface area contributed by atoms with Crippen LogP contribution in [0.4, 0.5) is 5.69 Å². The zero-order valence-corrected chi connectivity index (χ0v) is 16.0. The van der Waals surface area contributed by atoms with E-state index in [-0.39, 0.29) is 11.8 Å². The molecule has 2 N–H and O–H groups in total. The Morgan fingerprint density at radius 1 is 0.857 bits per heavy atom. The summed E-state index contributed by atoms with van der Waals surface area (Å²) in [6.45, 7) is 0.301. The van der Waals surface area contributed by atoms with Crippen molar-refractivity contribution < 1.29 is 14.3 Å². The van der Waals surface area contributed by atoms with Gasteiger partial charge in [-0.25, -0.2) is 0 Å². The number of carbonyl (C=O) groups excluding carboxylic acids is 2. The molecular weight excluding hydrogens is 376 g/mol. The fourth-order valence-electron chi connectivity index (χ4n) is 2.74. The van der Waals surface area contributed by atoms with Crippen molar-refractivity contribution in [3.05, 3.63) is 94.5 Å². The van der Waals surface area contributed by atoms with Gasteiger partial charge in [0.1, 0.15) is 5.75 Å². The van der Waals surface area contributed by atoms with Gasteiger partial charge in [-0.2, -0.15) is 0 Å². The van der Waals surface area contributed by atoms with Gasteiger partial charge in [-0.1, -0.05) is 54.1 Å². The van der Waals surface area contributed by atoms with E-state index in [9.17, 15) is 9.59 Å². The molecule has 0 atom stereocenters. The minimum Gasteiger partial charge on any atom is -0.496 e. The number of hydrogen-bond donors (Lipinski definition) is 2. The quantitative estimate of drug-likeness (QED) is 0.645. The van der Waals surface area contributed by atoms with Crippen LogP contribution in [0.1, 0.15) is 26.3 Å². The van der Waals surface area contributed by atoms with Crippen LogP contribution in [-0.2, 0) is 6.54 Å². The van der Waals surface area contributed by atoms with Crippen LogP contribution in [0, 0.1) is 0 Å². The zero-order chi connectivity index (χ0) is 19.9. The lowest BCUT2D eigenvalue weighted by Gasteiger charge is -2.13. The summed E-state index contributed by atoms with van der Waals surface area (Å²) < 4.78 is 5.30. The number of anilines is 1. The van der Waals surface area contributed by atoms with Crippen LogP contribution in [0.2, 0.25) is 5.02 Å². The number of ether oxygens (including phenoxy) is 1. The second-order valence-electron chi connectivity index (χ2n) is 5.97. The Morgan fingerprint density at radius 3 is 2.25 bits per heavy atom. The van der Waals surface area contributed by atoms with E-state index < -0.39 is 0 Å². The van der Waals surface area contributed by atoms with Crippen molar-refractivity contribution in [1.29, 1.82) is 0 Å². The molecule has 0 aromatic heterocycles. The Labute approximate surface area is 168 Å². The molecule has 0 radical (unpaired) electrons. The fourth-order valence-corrected chi connectivity index (χ4v) is 2.97. The first-order valence-electron chi connectivity index (χ1n) is 8.65. The van der Waals surface area contributed by atoms with Crippen LogP contribution < -0.4 is 15.4 Å². The van der Waals surface area contributed by atoms with Gasteiger partial charge in [-0.3, -0.25) is 9.59 Å². The van der Waals surface area contributed by atoms with Crippen molar-refractivity contribution in [2.45, 2.75) is 6.54 Å². The van der Waals surface area contributed by atoms with Crippen LogP contribution in [0.25, 0.3) is 0 Å². The number of hydrogen-bond acceptors (Lipinski definition) is 3. The Kier molecular flexibility index (Phi) is 6.29. The molecule has 0 heterocycles. The predicted molar refractivity (Wildman–Crippen MR) is 110 cm³/mol. The molecule has 5 nitrogen and oxygen atoms in total. The molecule has 142 valence electrons. The number of halogens is 1. The maximum absolute atomic E-state index is 12.7. The van der Waals surface area contributed by atoms with E-state index in [0.29, 0.717) is 34.1 Å². The maximum Gasteiger partial charge on any atom is 0.257 e. The van der Waals surface area contributed by atoms with Crippen molar-refractivity contribution in [2.24, 2.45) is 0 Å². The molecule has 2 amide bonds. The Hall–Kier alpha value is -3.31. The van der Waals surface area contributed by atoms with E-state index in [2.05, 4.69) is 10.6 Å². The van der Waals surface area contributed by atoms with E-state index in [1.54, 1.807) is 55.6 Å². The van der Waals surface area contributed by atoms with Gasteiger partial charge in [0.2, 0.25) is 0 Å². The van der Waals surface area contributed by atoms with E-state index >= 15 is 0 Å². The molecule has 3 aromatic carbocycles. The van der Waals surface area contributed by atoms with Gasteiger partial charge in [0.25, 0.3) is 11.8 Å². The smallest absolute Gasteiger partial charge is 0.257 e. The molecule has 0 fully saturated rings. The Morgan fingerprint density at radius 2 is 1.50 bits per heavy atom. The van der Waals surface area contributed by atoms with Gasteiger partial charge in [-0.05, 0) is 30.3 Å². The molecule has 0 saturated carbocycles. The third-order valence-corrected chi connectivity index (χ3v) is 4.50. The van der Waals surface area contributed by atoms with Crippen LogP contribution in [0.15, 0.2) is 72.8 Å². The maximum atomic E-state index is 12.7. The van der Waals surface area contributed by atoms with E-state index in [1.807, 2.05) is 24.3 Å². The number of carbonyl (C=O) groups is 2. The Bertz CT molecular complexity index is 1000. The summed E-state index contributed by atoms with van der Waals surface area (Å²) in [7, 11) is 1.58. The number of benzene rings is 3. The van der Waals surface area contributed by atoms with Gasteiger partial charge >= 0.3 is 0 Å². The molecule has 6 heteroatoms. The first-order valence-corrected chi connectivity index (χ1v) is 9.03. The van der Waals surface area contributed by atoms with Gasteiger partial charge in [0.05, 0.1) is 28.9 Å². The predicted octanol–water partition coefficient (Wildman–Crippen LogP) is 4.53. The summed E-state index contributed by atoms with van der Waals surface area (Å²) in [5.74, 6) is 0.0136. The third kappa shape index (κ3) is 4.50.